The van der Waals surface area contributed by atoms with E-state index in [2.05, 4.69) is 37.9 Å². The molecular formula is C14H19N3S. The molecule has 3 heterocycles. The molecule has 0 bridgehead atoms. The second-order valence-electron chi connectivity index (χ2n) is 4.92. The second kappa shape index (κ2) is 5.67. The number of imidazole rings is 1. The minimum atomic E-state index is 0.691. The summed E-state index contributed by atoms with van der Waals surface area (Å²) >= 11 is 1.78. The van der Waals surface area contributed by atoms with E-state index < -0.39 is 0 Å². The highest BCUT2D eigenvalue weighted by Gasteiger charge is 2.18. The molecule has 1 fully saturated rings. The molecule has 1 aliphatic heterocycles. The predicted octanol–water partition coefficient (Wildman–Crippen LogP) is 2.65. The van der Waals surface area contributed by atoms with Crippen molar-refractivity contribution >= 4 is 11.3 Å². The molecule has 3 nitrogen and oxygen atoms in total. The summed E-state index contributed by atoms with van der Waals surface area (Å²) < 4.78 is 2.34. The van der Waals surface area contributed by atoms with Gasteiger partial charge >= 0.3 is 0 Å². The first-order chi connectivity index (χ1) is 8.93. The summed E-state index contributed by atoms with van der Waals surface area (Å²) in [6.07, 6.45) is 7.64. The fraction of sp³-hybridized carbons (Fsp3) is 0.500. The van der Waals surface area contributed by atoms with Crippen molar-refractivity contribution in [2.24, 2.45) is 0 Å². The molecule has 0 aromatic carbocycles. The predicted molar refractivity (Wildman–Crippen MR) is 75.1 cm³/mol. The zero-order chi connectivity index (χ0) is 12.2. The molecule has 1 saturated heterocycles. The maximum Gasteiger partial charge on any atom is 0.0948 e. The smallest absolute Gasteiger partial charge is 0.0948 e. The molecule has 0 spiro atoms. The Morgan fingerprint density at radius 2 is 2.28 bits per heavy atom. The number of nitrogens with zero attached hydrogens (tertiary/aromatic N) is 2. The van der Waals surface area contributed by atoms with Crippen LogP contribution >= 0.6 is 11.3 Å². The van der Waals surface area contributed by atoms with Crippen molar-refractivity contribution < 1.29 is 0 Å². The lowest BCUT2D eigenvalue weighted by Gasteiger charge is -2.23. The van der Waals surface area contributed by atoms with Gasteiger partial charge in [0.25, 0.3) is 0 Å². The van der Waals surface area contributed by atoms with Crippen LogP contribution in [0.4, 0.5) is 0 Å². The molecular weight excluding hydrogens is 242 g/mol. The van der Waals surface area contributed by atoms with Gasteiger partial charge in [0.1, 0.15) is 0 Å². The van der Waals surface area contributed by atoms with Gasteiger partial charge in [-0.1, -0.05) is 0 Å². The Balaban J connectivity index is 1.67. The Kier molecular flexibility index (Phi) is 3.76. The number of thiophene rings is 1. The molecule has 2 aromatic heterocycles. The molecule has 96 valence electrons. The summed E-state index contributed by atoms with van der Waals surface area (Å²) in [5.74, 6) is 0.691. The molecule has 0 atom stereocenters. The van der Waals surface area contributed by atoms with Gasteiger partial charge in [0.15, 0.2) is 0 Å². The lowest BCUT2D eigenvalue weighted by molar-refractivity contribution is 0.438. The molecule has 1 N–H and O–H groups in total. The van der Waals surface area contributed by atoms with Crippen molar-refractivity contribution in [2.75, 3.05) is 13.1 Å². The number of aromatic nitrogens is 2. The highest BCUT2D eigenvalue weighted by molar-refractivity contribution is 7.07. The summed E-state index contributed by atoms with van der Waals surface area (Å²) in [5, 5.41) is 7.81. The van der Waals surface area contributed by atoms with Crippen molar-refractivity contribution in [3.8, 4) is 0 Å². The van der Waals surface area contributed by atoms with Gasteiger partial charge in [0, 0.05) is 24.4 Å². The molecule has 18 heavy (non-hydrogen) atoms. The third-order valence-electron chi connectivity index (χ3n) is 3.72. The minimum Gasteiger partial charge on any atom is -0.334 e. The van der Waals surface area contributed by atoms with Crippen LogP contribution in [0.3, 0.4) is 0 Å². The van der Waals surface area contributed by atoms with E-state index in [1.807, 2.05) is 6.33 Å². The second-order valence-corrected chi connectivity index (χ2v) is 5.70. The lowest BCUT2D eigenvalue weighted by atomic mass is 9.95. The molecule has 0 radical (unpaired) electrons. The van der Waals surface area contributed by atoms with Gasteiger partial charge in [-0.15, -0.1) is 0 Å². The zero-order valence-electron chi connectivity index (χ0n) is 10.5. The summed E-state index contributed by atoms with van der Waals surface area (Å²) in [4.78, 5) is 4.34. The highest BCUT2D eigenvalue weighted by atomic mass is 32.1. The standard InChI is InChI=1S/C14H19N3S/c1-5-15-6-2-13(1)14-9-16-11-17(14)7-3-12-4-8-18-10-12/h4,8-11,13,15H,1-3,5-7H2. The maximum absolute atomic E-state index is 4.34. The largest absolute Gasteiger partial charge is 0.334 e. The quantitative estimate of drug-likeness (QED) is 0.917. The molecule has 4 heteroatoms. The van der Waals surface area contributed by atoms with Gasteiger partial charge in [0.05, 0.1) is 6.33 Å². The van der Waals surface area contributed by atoms with Gasteiger partial charge in [-0.25, -0.2) is 4.98 Å². The maximum atomic E-state index is 4.34. The Labute approximate surface area is 112 Å². The van der Waals surface area contributed by atoms with Crippen molar-refractivity contribution in [2.45, 2.75) is 31.7 Å². The number of nitrogens with one attached hydrogen (secondary N) is 1. The first kappa shape index (κ1) is 11.9. The van der Waals surface area contributed by atoms with Crippen LogP contribution in [0, 0.1) is 0 Å². The van der Waals surface area contributed by atoms with Crippen molar-refractivity contribution in [1.82, 2.24) is 14.9 Å². The van der Waals surface area contributed by atoms with E-state index in [-0.39, 0.29) is 0 Å². The number of hydrogen-bond donors (Lipinski definition) is 1. The topological polar surface area (TPSA) is 29.9 Å². The normalized spacial score (nSPS) is 17.1. The van der Waals surface area contributed by atoms with Crippen molar-refractivity contribution in [3.05, 3.63) is 40.6 Å². The SMILES string of the molecule is c1cc(CCn2cncc2C2CCNCC2)cs1. The average Bonchev–Trinajstić information content (AvgIpc) is 3.09. The minimum absolute atomic E-state index is 0.691. The van der Waals surface area contributed by atoms with E-state index in [1.165, 1.54) is 24.1 Å². The molecule has 0 amide bonds. The van der Waals surface area contributed by atoms with E-state index in [0.29, 0.717) is 5.92 Å². The summed E-state index contributed by atoms with van der Waals surface area (Å²) in [6, 6.07) is 2.21. The van der Waals surface area contributed by atoms with Crippen LogP contribution in [-0.2, 0) is 13.0 Å². The molecule has 1 aliphatic rings. The average molecular weight is 261 g/mol. The molecule has 0 aliphatic carbocycles. The number of hydrogen-bond acceptors (Lipinski definition) is 3. The van der Waals surface area contributed by atoms with Gasteiger partial charge < -0.3 is 9.88 Å². The Bertz CT molecular complexity index is 469. The van der Waals surface area contributed by atoms with Crippen LogP contribution in [-0.4, -0.2) is 22.6 Å². The van der Waals surface area contributed by atoms with Crippen molar-refractivity contribution in [1.29, 1.82) is 0 Å². The number of rotatable bonds is 4. The van der Waals surface area contributed by atoms with Crippen LogP contribution in [0.1, 0.15) is 30.0 Å². The van der Waals surface area contributed by atoms with Gasteiger partial charge in [-0.2, -0.15) is 11.3 Å². The van der Waals surface area contributed by atoms with Crippen LogP contribution in [0.5, 0.6) is 0 Å². The van der Waals surface area contributed by atoms with E-state index >= 15 is 0 Å². The van der Waals surface area contributed by atoms with Crippen molar-refractivity contribution in [3.63, 3.8) is 0 Å². The van der Waals surface area contributed by atoms with Crippen LogP contribution in [0.25, 0.3) is 0 Å². The number of piperidine rings is 1. The molecule has 0 saturated carbocycles. The van der Waals surface area contributed by atoms with Crippen LogP contribution in [0.2, 0.25) is 0 Å². The van der Waals surface area contributed by atoms with E-state index in [9.17, 15) is 0 Å². The first-order valence-electron chi connectivity index (χ1n) is 6.65. The number of aryl methyl sites for hydroxylation is 2. The summed E-state index contributed by atoms with van der Waals surface area (Å²) in [7, 11) is 0. The zero-order valence-corrected chi connectivity index (χ0v) is 11.3. The third kappa shape index (κ3) is 2.65. The monoisotopic (exact) mass is 261 g/mol. The highest BCUT2D eigenvalue weighted by Crippen LogP contribution is 2.25. The summed E-state index contributed by atoms with van der Waals surface area (Å²) in [5.41, 5.74) is 2.86. The fourth-order valence-corrected chi connectivity index (χ4v) is 3.36. The molecule has 2 aromatic rings. The fourth-order valence-electron chi connectivity index (χ4n) is 2.66. The van der Waals surface area contributed by atoms with E-state index in [1.54, 1.807) is 11.3 Å². The lowest BCUT2D eigenvalue weighted by Crippen LogP contribution is -2.27. The van der Waals surface area contributed by atoms with E-state index in [4.69, 9.17) is 0 Å². The van der Waals surface area contributed by atoms with Gasteiger partial charge in [-0.3, -0.25) is 0 Å². The Morgan fingerprint density at radius 3 is 3.06 bits per heavy atom. The molecule has 3 rings (SSSR count). The van der Waals surface area contributed by atoms with Gasteiger partial charge in [0.2, 0.25) is 0 Å². The first-order valence-corrected chi connectivity index (χ1v) is 7.59. The Morgan fingerprint density at radius 1 is 1.39 bits per heavy atom. The van der Waals surface area contributed by atoms with Gasteiger partial charge in [-0.05, 0) is 54.7 Å². The summed E-state index contributed by atoms with van der Waals surface area (Å²) in [6.45, 7) is 3.33. The van der Waals surface area contributed by atoms with Crippen LogP contribution in [0.15, 0.2) is 29.4 Å². The molecule has 0 unspecified atom stereocenters. The van der Waals surface area contributed by atoms with E-state index in [0.717, 1.165) is 26.1 Å². The third-order valence-corrected chi connectivity index (χ3v) is 4.46. The Hall–Kier alpha value is -1.13. The van der Waals surface area contributed by atoms with Crippen LogP contribution < -0.4 is 5.32 Å².